The van der Waals surface area contributed by atoms with Crippen LogP contribution in [0.5, 0.6) is 0 Å². The molecule has 1 amide bonds. The molecule has 86 valence electrons. The van der Waals surface area contributed by atoms with Crippen molar-refractivity contribution in [3.8, 4) is 0 Å². The normalized spacial score (nSPS) is 18.7. The van der Waals surface area contributed by atoms with E-state index in [-0.39, 0.29) is 11.9 Å². The van der Waals surface area contributed by atoms with Gasteiger partial charge in [-0.2, -0.15) is 0 Å². The molecule has 1 aliphatic rings. The van der Waals surface area contributed by atoms with Crippen LogP contribution in [-0.2, 0) is 4.79 Å². The van der Waals surface area contributed by atoms with E-state index in [2.05, 4.69) is 10.6 Å². The molecule has 1 fully saturated rings. The Kier molecular flexibility index (Phi) is 2.53. The van der Waals surface area contributed by atoms with E-state index in [4.69, 9.17) is 0 Å². The molecule has 3 rings (SSSR count). The Bertz CT molecular complexity index is 556. The fourth-order valence-corrected chi connectivity index (χ4v) is 2.07. The monoisotopic (exact) mass is 226 g/mol. The van der Waals surface area contributed by atoms with E-state index in [1.54, 1.807) is 0 Å². The van der Waals surface area contributed by atoms with Crippen LogP contribution >= 0.6 is 0 Å². The summed E-state index contributed by atoms with van der Waals surface area (Å²) in [4.78, 5) is 11.9. The molecule has 1 aliphatic heterocycles. The zero-order valence-corrected chi connectivity index (χ0v) is 9.44. The molecule has 0 aliphatic carbocycles. The number of carbonyl (C=O) groups is 1. The summed E-state index contributed by atoms with van der Waals surface area (Å²) in [5.41, 5.74) is 0.891. The topological polar surface area (TPSA) is 41.1 Å². The van der Waals surface area contributed by atoms with E-state index in [0.717, 1.165) is 29.4 Å². The minimum atomic E-state index is -0.0195. The van der Waals surface area contributed by atoms with Crippen LogP contribution in [0.1, 0.15) is 6.42 Å². The highest BCUT2D eigenvalue weighted by Gasteiger charge is 2.24. The van der Waals surface area contributed by atoms with E-state index in [1.807, 2.05) is 42.5 Å². The third-order valence-corrected chi connectivity index (χ3v) is 3.19. The van der Waals surface area contributed by atoms with Gasteiger partial charge in [-0.3, -0.25) is 4.79 Å². The first-order valence-electron chi connectivity index (χ1n) is 5.86. The van der Waals surface area contributed by atoms with Crippen molar-refractivity contribution in [1.29, 1.82) is 0 Å². The standard InChI is InChI=1S/C14H14N2O/c17-14(13-8-9-15-13)16-12-7-3-5-10-4-1-2-6-11(10)12/h1-7,13,15H,8-9H2,(H,16,17)/t13-/m0/s1. The maximum Gasteiger partial charge on any atom is 0.241 e. The van der Waals surface area contributed by atoms with Crippen molar-refractivity contribution in [2.75, 3.05) is 11.9 Å². The van der Waals surface area contributed by atoms with E-state index < -0.39 is 0 Å². The number of benzene rings is 2. The number of hydrogen-bond donors (Lipinski definition) is 2. The summed E-state index contributed by atoms with van der Waals surface area (Å²) in [5, 5.41) is 8.32. The van der Waals surface area contributed by atoms with E-state index in [9.17, 15) is 4.79 Å². The average molecular weight is 226 g/mol. The molecule has 0 saturated carbocycles. The van der Waals surface area contributed by atoms with E-state index in [0.29, 0.717) is 0 Å². The average Bonchev–Trinajstić information content (AvgIpc) is 2.27. The van der Waals surface area contributed by atoms with E-state index in [1.165, 1.54) is 0 Å². The highest BCUT2D eigenvalue weighted by atomic mass is 16.2. The van der Waals surface area contributed by atoms with Gasteiger partial charge in [-0.05, 0) is 24.4 Å². The summed E-state index contributed by atoms with van der Waals surface area (Å²) in [6, 6.07) is 14.0. The predicted molar refractivity (Wildman–Crippen MR) is 69.0 cm³/mol. The van der Waals surface area contributed by atoms with Crippen molar-refractivity contribution >= 4 is 22.4 Å². The van der Waals surface area contributed by atoms with Gasteiger partial charge in [-0.15, -0.1) is 0 Å². The summed E-state index contributed by atoms with van der Waals surface area (Å²) in [5.74, 6) is 0.0626. The van der Waals surface area contributed by atoms with Crippen LogP contribution < -0.4 is 10.6 Å². The summed E-state index contributed by atoms with van der Waals surface area (Å²) in [6.45, 7) is 0.938. The second-order valence-corrected chi connectivity index (χ2v) is 4.31. The minimum absolute atomic E-state index is 0.0195. The largest absolute Gasteiger partial charge is 0.324 e. The van der Waals surface area contributed by atoms with Crippen LogP contribution in [0, 0.1) is 0 Å². The summed E-state index contributed by atoms with van der Waals surface area (Å²) < 4.78 is 0. The molecule has 2 aromatic rings. The first-order valence-corrected chi connectivity index (χ1v) is 5.86. The smallest absolute Gasteiger partial charge is 0.241 e. The Balaban J connectivity index is 1.91. The fraction of sp³-hybridized carbons (Fsp3) is 0.214. The van der Waals surface area contributed by atoms with Gasteiger partial charge in [0, 0.05) is 11.1 Å². The molecule has 1 saturated heterocycles. The van der Waals surface area contributed by atoms with Crippen molar-refractivity contribution in [2.24, 2.45) is 0 Å². The lowest BCUT2D eigenvalue weighted by Crippen LogP contribution is -2.50. The van der Waals surface area contributed by atoms with Crippen LogP contribution in [0.15, 0.2) is 42.5 Å². The molecule has 1 atom stereocenters. The van der Waals surface area contributed by atoms with Gasteiger partial charge in [0.25, 0.3) is 0 Å². The van der Waals surface area contributed by atoms with Crippen LogP contribution in [0.25, 0.3) is 10.8 Å². The zero-order chi connectivity index (χ0) is 11.7. The van der Waals surface area contributed by atoms with Gasteiger partial charge in [0.05, 0.1) is 6.04 Å². The number of amides is 1. The Morgan fingerprint density at radius 3 is 2.71 bits per heavy atom. The Morgan fingerprint density at radius 1 is 1.18 bits per heavy atom. The number of fused-ring (bicyclic) bond motifs is 1. The third-order valence-electron chi connectivity index (χ3n) is 3.19. The molecule has 0 spiro atoms. The van der Waals surface area contributed by atoms with Gasteiger partial charge in [-0.1, -0.05) is 36.4 Å². The Labute approximate surface area is 99.8 Å². The lowest BCUT2D eigenvalue weighted by Gasteiger charge is -2.26. The summed E-state index contributed by atoms with van der Waals surface area (Å²) in [7, 11) is 0. The number of nitrogens with one attached hydrogen (secondary N) is 2. The minimum Gasteiger partial charge on any atom is -0.324 e. The second-order valence-electron chi connectivity index (χ2n) is 4.31. The molecular formula is C14H14N2O. The van der Waals surface area contributed by atoms with Crippen molar-refractivity contribution in [1.82, 2.24) is 5.32 Å². The number of carbonyl (C=O) groups excluding carboxylic acids is 1. The zero-order valence-electron chi connectivity index (χ0n) is 9.44. The van der Waals surface area contributed by atoms with Crippen LogP contribution in [0.2, 0.25) is 0 Å². The SMILES string of the molecule is O=C(Nc1cccc2ccccc12)[C@@H]1CCN1. The number of hydrogen-bond acceptors (Lipinski definition) is 2. The molecule has 0 bridgehead atoms. The summed E-state index contributed by atoms with van der Waals surface area (Å²) >= 11 is 0. The van der Waals surface area contributed by atoms with Crippen molar-refractivity contribution in [2.45, 2.75) is 12.5 Å². The molecule has 1 heterocycles. The van der Waals surface area contributed by atoms with Gasteiger partial charge in [-0.25, -0.2) is 0 Å². The highest BCUT2D eigenvalue weighted by molar-refractivity contribution is 6.04. The van der Waals surface area contributed by atoms with Gasteiger partial charge < -0.3 is 10.6 Å². The molecule has 17 heavy (non-hydrogen) atoms. The number of anilines is 1. The molecular weight excluding hydrogens is 212 g/mol. The first kappa shape index (κ1) is 10.3. The predicted octanol–water partition coefficient (Wildman–Crippen LogP) is 2.14. The molecule has 2 aromatic carbocycles. The van der Waals surface area contributed by atoms with E-state index >= 15 is 0 Å². The lowest BCUT2D eigenvalue weighted by molar-refractivity contribution is -0.119. The molecule has 3 heteroatoms. The van der Waals surface area contributed by atoms with Gasteiger partial charge in [0.1, 0.15) is 0 Å². The van der Waals surface area contributed by atoms with Gasteiger partial charge in [0.15, 0.2) is 0 Å². The molecule has 0 unspecified atom stereocenters. The number of rotatable bonds is 2. The molecule has 2 N–H and O–H groups in total. The lowest BCUT2D eigenvalue weighted by atomic mass is 10.1. The van der Waals surface area contributed by atoms with Crippen LogP contribution in [0.3, 0.4) is 0 Å². The van der Waals surface area contributed by atoms with Crippen molar-refractivity contribution < 1.29 is 4.79 Å². The summed E-state index contributed by atoms with van der Waals surface area (Å²) in [6.07, 6.45) is 0.927. The van der Waals surface area contributed by atoms with Crippen LogP contribution in [-0.4, -0.2) is 18.5 Å². The molecule has 3 nitrogen and oxygen atoms in total. The maximum atomic E-state index is 11.9. The fourth-order valence-electron chi connectivity index (χ4n) is 2.07. The van der Waals surface area contributed by atoms with Gasteiger partial charge in [0.2, 0.25) is 5.91 Å². The quantitative estimate of drug-likeness (QED) is 0.823. The maximum absolute atomic E-state index is 11.9. The highest BCUT2D eigenvalue weighted by Crippen LogP contribution is 2.23. The van der Waals surface area contributed by atoms with Gasteiger partial charge >= 0.3 is 0 Å². The van der Waals surface area contributed by atoms with Crippen LogP contribution in [0.4, 0.5) is 5.69 Å². The Morgan fingerprint density at radius 2 is 1.94 bits per heavy atom. The third kappa shape index (κ3) is 1.89. The van der Waals surface area contributed by atoms with Crippen molar-refractivity contribution in [3.05, 3.63) is 42.5 Å². The van der Waals surface area contributed by atoms with Crippen molar-refractivity contribution in [3.63, 3.8) is 0 Å². The molecule has 0 radical (unpaired) electrons. The second kappa shape index (κ2) is 4.18. The Hall–Kier alpha value is -1.87. The molecule has 0 aromatic heterocycles. The first-order chi connectivity index (χ1) is 8.34.